The number of nitrogens with zero attached hydrogens (tertiary/aromatic N) is 2. The first-order valence-electron chi connectivity index (χ1n) is 8.92. The van der Waals surface area contributed by atoms with E-state index in [9.17, 15) is 13.2 Å². The minimum Gasteiger partial charge on any atom is -0.347 e. The Morgan fingerprint density at radius 1 is 1.35 bits per heavy atom. The summed E-state index contributed by atoms with van der Waals surface area (Å²) in [6, 6.07) is 6.59. The summed E-state index contributed by atoms with van der Waals surface area (Å²) in [7, 11) is -3.71. The van der Waals surface area contributed by atoms with Crippen LogP contribution in [0.4, 0.5) is 0 Å². The second-order valence-electron chi connectivity index (χ2n) is 7.03. The Balaban J connectivity index is 1.51. The standard InChI is InChI=1S/C18H22N4O3S/c23-18(22-12-13-3-1-5-15(22)9-13)14-4-2-6-16(10-14)26(24,25)21-11-17-19-7-8-20-17/h2,4,6-8,10,13,15,21H,1,3,5,9,11-12H2,(H,19,20)/t13-,15+/m1/s1. The van der Waals surface area contributed by atoms with Crippen molar-refractivity contribution in [2.75, 3.05) is 6.54 Å². The Kier molecular flexibility index (Phi) is 4.54. The molecule has 0 unspecified atom stereocenters. The van der Waals surface area contributed by atoms with E-state index in [-0.39, 0.29) is 17.3 Å². The van der Waals surface area contributed by atoms with Gasteiger partial charge in [0.05, 0.1) is 11.4 Å². The van der Waals surface area contributed by atoms with Crippen molar-refractivity contribution in [2.24, 2.45) is 5.92 Å². The molecule has 2 bridgehead atoms. The fourth-order valence-corrected chi connectivity index (χ4v) is 5.02. The van der Waals surface area contributed by atoms with Gasteiger partial charge in [-0.1, -0.05) is 12.5 Å². The Morgan fingerprint density at radius 2 is 2.23 bits per heavy atom. The third-order valence-corrected chi connectivity index (χ3v) is 6.69. The lowest BCUT2D eigenvalue weighted by molar-refractivity contribution is 0.0733. The van der Waals surface area contributed by atoms with E-state index in [0.29, 0.717) is 23.3 Å². The second kappa shape index (κ2) is 6.85. The predicted molar refractivity (Wildman–Crippen MR) is 95.8 cm³/mol. The SMILES string of the molecule is O=C(c1cccc(S(=O)(=O)NCc2ncc[nH]2)c1)N1C[C@@H]2CCC[C@H]1C2. The maximum atomic E-state index is 12.9. The van der Waals surface area contributed by atoms with Gasteiger partial charge < -0.3 is 9.88 Å². The second-order valence-corrected chi connectivity index (χ2v) is 8.80. The lowest BCUT2D eigenvalue weighted by Crippen LogP contribution is -2.35. The number of amides is 1. The van der Waals surface area contributed by atoms with E-state index >= 15 is 0 Å². The van der Waals surface area contributed by atoms with E-state index in [1.807, 2.05) is 4.90 Å². The third kappa shape index (κ3) is 3.39. The van der Waals surface area contributed by atoms with Gasteiger partial charge in [-0.2, -0.15) is 0 Å². The topological polar surface area (TPSA) is 95.2 Å². The van der Waals surface area contributed by atoms with Gasteiger partial charge >= 0.3 is 0 Å². The highest BCUT2D eigenvalue weighted by atomic mass is 32.2. The highest BCUT2D eigenvalue weighted by Gasteiger charge is 2.38. The number of hydrogen-bond donors (Lipinski definition) is 2. The minimum absolute atomic E-state index is 0.0671. The van der Waals surface area contributed by atoms with Crippen molar-refractivity contribution in [3.63, 3.8) is 0 Å². The molecule has 2 heterocycles. The molecule has 4 rings (SSSR count). The van der Waals surface area contributed by atoms with Gasteiger partial charge in [0.1, 0.15) is 5.82 Å². The smallest absolute Gasteiger partial charge is 0.254 e. The summed E-state index contributed by atoms with van der Waals surface area (Å²) < 4.78 is 27.6. The number of sulfonamides is 1. The van der Waals surface area contributed by atoms with Crippen LogP contribution in [0.2, 0.25) is 0 Å². The van der Waals surface area contributed by atoms with Gasteiger partial charge in [0.15, 0.2) is 0 Å². The number of carbonyl (C=O) groups excluding carboxylic acids is 1. The molecule has 0 radical (unpaired) electrons. The van der Waals surface area contributed by atoms with Crippen molar-refractivity contribution in [1.29, 1.82) is 0 Å². The molecular formula is C18H22N4O3S. The molecule has 1 amide bonds. The quantitative estimate of drug-likeness (QED) is 0.836. The van der Waals surface area contributed by atoms with E-state index in [1.165, 1.54) is 25.0 Å². The maximum absolute atomic E-state index is 12.9. The Hall–Kier alpha value is -2.19. The van der Waals surface area contributed by atoms with Gasteiger partial charge in [0.25, 0.3) is 5.91 Å². The Labute approximate surface area is 152 Å². The van der Waals surface area contributed by atoms with Crippen molar-refractivity contribution in [3.8, 4) is 0 Å². The molecule has 1 saturated heterocycles. The molecule has 2 N–H and O–H groups in total. The largest absolute Gasteiger partial charge is 0.347 e. The molecule has 2 atom stereocenters. The van der Waals surface area contributed by atoms with Gasteiger partial charge in [0, 0.05) is 30.5 Å². The first kappa shape index (κ1) is 17.2. The summed E-state index contributed by atoms with van der Waals surface area (Å²) in [6.45, 7) is 0.862. The Bertz CT molecular complexity index is 895. The molecule has 1 aromatic carbocycles. The molecule has 1 aliphatic carbocycles. The van der Waals surface area contributed by atoms with Crippen LogP contribution in [0.15, 0.2) is 41.6 Å². The summed E-state index contributed by atoms with van der Waals surface area (Å²) in [5, 5.41) is 0. The number of hydrogen-bond acceptors (Lipinski definition) is 4. The van der Waals surface area contributed by atoms with Crippen molar-refractivity contribution in [1.82, 2.24) is 19.6 Å². The van der Waals surface area contributed by atoms with Gasteiger partial charge in [0.2, 0.25) is 10.0 Å². The number of benzene rings is 1. The average molecular weight is 374 g/mol. The van der Waals surface area contributed by atoms with Crippen LogP contribution in [0, 0.1) is 5.92 Å². The van der Waals surface area contributed by atoms with Crippen LogP contribution in [-0.2, 0) is 16.6 Å². The monoisotopic (exact) mass is 374 g/mol. The first-order chi connectivity index (χ1) is 12.5. The van der Waals surface area contributed by atoms with E-state index in [2.05, 4.69) is 14.7 Å². The highest BCUT2D eigenvalue weighted by Crippen LogP contribution is 2.36. The van der Waals surface area contributed by atoms with E-state index in [0.717, 1.165) is 19.4 Å². The molecule has 7 nitrogen and oxygen atoms in total. The molecular weight excluding hydrogens is 352 g/mol. The van der Waals surface area contributed by atoms with Crippen LogP contribution < -0.4 is 4.72 Å². The fraction of sp³-hybridized carbons (Fsp3) is 0.444. The summed E-state index contributed by atoms with van der Waals surface area (Å²) in [6.07, 6.45) is 7.68. The van der Waals surface area contributed by atoms with Crippen molar-refractivity contribution >= 4 is 15.9 Å². The van der Waals surface area contributed by atoms with Crippen LogP contribution in [0.3, 0.4) is 0 Å². The highest BCUT2D eigenvalue weighted by molar-refractivity contribution is 7.89. The van der Waals surface area contributed by atoms with Crippen LogP contribution in [0.5, 0.6) is 0 Å². The van der Waals surface area contributed by atoms with Crippen molar-refractivity contribution in [3.05, 3.63) is 48.0 Å². The molecule has 2 aromatic rings. The van der Waals surface area contributed by atoms with Gasteiger partial charge in [-0.15, -0.1) is 0 Å². The van der Waals surface area contributed by atoms with Crippen LogP contribution in [-0.4, -0.2) is 41.8 Å². The summed E-state index contributed by atoms with van der Waals surface area (Å²) >= 11 is 0. The molecule has 138 valence electrons. The zero-order chi connectivity index (χ0) is 18.1. The number of imidazole rings is 1. The van der Waals surface area contributed by atoms with Crippen molar-refractivity contribution < 1.29 is 13.2 Å². The number of likely N-dealkylation sites (tertiary alicyclic amines) is 1. The zero-order valence-corrected chi connectivity index (χ0v) is 15.2. The molecule has 1 saturated carbocycles. The molecule has 1 aliphatic heterocycles. The lowest BCUT2D eigenvalue weighted by atomic mass is 9.90. The summed E-state index contributed by atoms with van der Waals surface area (Å²) in [5.74, 6) is 1.06. The molecule has 8 heteroatoms. The van der Waals surface area contributed by atoms with Gasteiger partial charge in [-0.3, -0.25) is 4.79 Å². The molecule has 26 heavy (non-hydrogen) atoms. The van der Waals surface area contributed by atoms with E-state index < -0.39 is 10.0 Å². The molecule has 0 spiro atoms. The minimum atomic E-state index is -3.71. The van der Waals surface area contributed by atoms with Gasteiger partial charge in [-0.05, 0) is 43.4 Å². The normalized spacial score (nSPS) is 22.5. The average Bonchev–Trinajstić information content (AvgIpc) is 3.27. The Morgan fingerprint density at radius 3 is 3.00 bits per heavy atom. The molecule has 2 fully saturated rings. The fourth-order valence-electron chi connectivity index (χ4n) is 3.99. The first-order valence-corrected chi connectivity index (χ1v) is 10.4. The van der Waals surface area contributed by atoms with Crippen LogP contribution in [0.1, 0.15) is 41.9 Å². The number of aromatic amines is 1. The number of fused-ring (bicyclic) bond motifs is 2. The van der Waals surface area contributed by atoms with Crippen molar-refractivity contribution in [2.45, 2.75) is 43.2 Å². The molecule has 1 aromatic heterocycles. The number of carbonyl (C=O) groups is 1. The van der Waals surface area contributed by atoms with Crippen LogP contribution in [0.25, 0.3) is 0 Å². The number of aromatic nitrogens is 2. The van der Waals surface area contributed by atoms with E-state index in [1.54, 1.807) is 24.5 Å². The van der Waals surface area contributed by atoms with E-state index in [4.69, 9.17) is 0 Å². The van der Waals surface area contributed by atoms with Gasteiger partial charge in [-0.25, -0.2) is 18.1 Å². The third-order valence-electron chi connectivity index (χ3n) is 5.29. The summed E-state index contributed by atoms with van der Waals surface area (Å²) in [5.41, 5.74) is 0.429. The molecule has 2 aliphatic rings. The lowest BCUT2D eigenvalue weighted by Gasteiger charge is -2.24. The number of H-pyrrole nitrogens is 1. The summed E-state index contributed by atoms with van der Waals surface area (Å²) in [4.78, 5) is 21.8. The maximum Gasteiger partial charge on any atom is 0.254 e. The zero-order valence-electron chi connectivity index (χ0n) is 14.4. The predicted octanol–water partition coefficient (Wildman–Crippen LogP) is 1.90. The number of rotatable bonds is 5. The number of nitrogens with one attached hydrogen (secondary N) is 2. The van der Waals surface area contributed by atoms with Crippen LogP contribution >= 0.6 is 0 Å².